The molecule has 0 rings (SSSR count). The van der Waals surface area contributed by atoms with Gasteiger partial charge in [0, 0.05) is 19.7 Å². The number of hydrogen-bond acceptors (Lipinski definition) is 3. The van der Waals surface area contributed by atoms with Crippen LogP contribution in [-0.4, -0.2) is 47.3 Å². The Balaban J connectivity index is 3.96. The first-order valence-corrected chi connectivity index (χ1v) is 5.07. The maximum absolute atomic E-state index is 10.6. The summed E-state index contributed by atoms with van der Waals surface area (Å²) in [4.78, 5) is 12.7. The minimum atomic E-state index is -0.764. The summed E-state index contributed by atoms with van der Waals surface area (Å²) in [6.07, 6.45) is 0. The fourth-order valence-electron chi connectivity index (χ4n) is 1.30. The molecular formula is C10H21NO3. The fraction of sp³-hybridized carbons (Fsp3) is 0.900. The van der Waals surface area contributed by atoms with E-state index in [0.717, 1.165) is 13.1 Å². The van der Waals surface area contributed by atoms with Crippen molar-refractivity contribution in [2.24, 2.45) is 11.8 Å². The van der Waals surface area contributed by atoms with Crippen molar-refractivity contribution >= 4 is 5.97 Å². The van der Waals surface area contributed by atoms with Crippen molar-refractivity contribution in [3.8, 4) is 0 Å². The van der Waals surface area contributed by atoms with E-state index in [0.29, 0.717) is 6.54 Å². The van der Waals surface area contributed by atoms with Crippen LogP contribution in [0, 0.1) is 11.8 Å². The summed E-state index contributed by atoms with van der Waals surface area (Å²) >= 11 is 0. The van der Waals surface area contributed by atoms with Crippen molar-refractivity contribution in [3.63, 3.8) is 0 Å². The minimum Gasteiger partial charge on any atom is -0.481 e. The summed E-state index contributed by atoms with van der Waals surface area (Å²) in [5, 5.41) is 17.6. The highest BCUT2D eigenvalue weighted by Gasteiger charge is 2.16. The number of hydrogen-bond donors (Lipinski definition) is 2. The van der Waals surface area contributed by atoms with Gasteiger partial charge in [-0.25, -0.2) is 0 Å². The van der Waals surface area contributed by atoms with Crippen molar-refractivity contribution in [1.29, 1.82) is 0 Å². The molecule has 0 bridgehead atoms. The Bertz CT molecular complexity index is 173. The Labute approximate surface area is 85.5 Å². The van der Waals surface area contributed by atoms with E-state index >= 15 is 0 Å². The molecule has 14 heavy (non-hydrogen) atoms. The minimum absolute atomic E-state index is 0.151. The summed E-state index contributed by atoms with van der Waals surface area (Å²) in [5.41, 5.74) is 0. The van der Waals surface area contributed by atoms with Gasteiger partial charge in [0.05, 0.1) is 5.92 Å². The summed E-state index contributed by atoms with van der Waals surface area (Å²) in [7, 11) is 0. The van der Waals surface area contributed by atoms with Crippen LogP contribution in [0.5, 0.6) is 0 Å². The van der Waals surface area contributed by atoms with Crippen LogP contribution in [0.1, 0.15) is 20.8 Å². The van der Waals surface area contributed by atoms with Gasteiger partial charge in [-0.1, -0.05) is 20.8 Å². The average Bonchev–Trinajstić information content (AvgIpc) is 2.16. The first-order valence-electron chi connectivity index (χ1n) is 5.07. The number of aliphatic hydroxyl groups is 1. The predicted octanol–water partition coefficient (Wildman–Crippen LogP) is 0.657. The molecule has 2 N–H and O–H groups in total. The van der Waals surface area contributed by atoms with Crippen molar-refractivity contribution in [2.45, 2.75) is 20.8 Å². The fourth-order valence-corrected chi connectivity index (χ4v) is 1.30. The van der Waals surface area contributed by atoms with E-state index in [1.165, 1.54) is 0 Å². The highest BCUT2D eigenvalue weighted by molar-refractivity contribution is 5.69. The number of aliphatic carboxylic acids is 1. The zero-order chi connectivity index (χ0) is 11.1. The molecule has 0 radical (unpaired) electrons. The Morgan fingerprint density at radius 1 is 1.36 bits per heavy atom. The number of aliphatic hydroxyl groups excluding tert-OH is 1. The Hall–Kier alpha value is -0.610. The van der Waals surface area contributed by atoms with Crippen LogP contribution in [0.25, 0.3) is 0 Å². The summed E-state index contributed by atoms with van der Waals surface area (Å²) < 4.78 is 0. The van der Waals surface area contributed by atoms with Crippen LogP contribution in [0.15, 0.2) is 0 Å². The first kappa shape index (κ1) is 13.4. The van der Waals surface area contributed by atoms with Gasteiger partial charge in [-0.15, -0.1) is 0 Å². The molecule has 0 aliphatic rings. The van der Waals surface area contributed by atoms with Gasteiger partial charge in [-0.05, 0) is 12.5 Å². The third-order valence-electron chi connectivity index (χ3n) is 2.28. The van der Waals surface area contributed by atoms with Crippen molar-refractivity contribution < 1.29 is 15.0 Å². The van der Waals surface area contributed by atoms with E-state index in [9.17, 15) is 4.79 Å². The molecule has 0 aromatic rings. The van der Waals surface area contributed by atoms with Crippen LogP contribution < -0.4 is 0 Å². The molecule has 0 aromatic carbocycles. The topological polar surface area (TPSA) is 60.8 Å². The molecule has 2 atom stereocenters. The molecule has 4 nitrogen and oxygen atoms in total. The standard InChI is InChI=1S/C10H21NO3/c1-4-11(5-8(2)7-12)6-9(3)10(13)14/h8-9,12H,4-7H2,1-3H3,(H,13,14). The number of carboxylic acid groups (broad SMARTS) is 1. The Morgan fingerprint density at radius 3 is 2.29 bits per heavy atom. The maximum Gasteiger partial charge on any atom is 0.307 e. The van der Waals surface area contributed by atoms with E-state index in [1.54, 1.807) is 6.92 Å². The third-order valence-corrected chi connectivity index (χ3v) is 2.28. The summed E-state index contributed by atoms with van der Waals surface area (Å²) in [6, 6.07) is 0. The van der Waals surface area contributed by atoms with Crippen molar-refractivity contribution in [3.05, 3.63) is 0 Å². The molecule has 0 amide bonds. The molecule has 0 spiro atoms. The van der Waals surface area contributed by atoms with Gasteiger partial charge in [0.1, 0.15) is 0 Å². The normalized spacial score (nSPS) is 15.5. The van der Waals surface area contributed by atoms with Crippen LogP contribution in [0.3, 0.4) is 0 Å². The largest absolute Gasteiger partial charge is 0.481 e. The lowest BCUT2D eigenvalue weighted by atomic mass is 10.1. The zero-order valence-corrected chi connectivity index (χ0v) is 9.23. The average molecular weight is 203 g/mol. The molecule has 0 heterocycles. The number of carbonyl (C=O) groups is 1. The lowest BCUT2D eigenvalue weighted by Gasteiger charge is -2.24. The van der Waals surface area contributed by atoms with Gasteiger partial charge in [-0.2, -0.15) is 0 Å². The monoisotopic (exact) mass is 203 g/mol. The SMILES string of the molecule is CCN(CC(C)CO)CC(C)C(=O)O. The van der Waals surface area contributed by atoms with Crippen molar-refractivity contribution in [1.82, 2.24) is 4.90 Å². The van der Waals surface area contributed by atoms with E-state index in [-0.39, 0.29) is 18.4 Å². The van der Waals surface area contributed by atoms with Crippen LogP contribution in [0.4, 0.5) is 0 Å². The molecule has 0 aromatic heterocycles. The second-order valence-corrected chi connectivity index (χ2v) is 3.88. The quantitative estimate of drug-likeness (QED) is 0.638. The van der Waals surface area contributed by atoms with Crippen LogP contribution in [-0.2, 0) is 4.79 Å². The Kier molecular flexibility index (Phi) is 6.49. The summed E-state index contributed by atoms with van der Waals surface area (Å²) in [5.74, 6) is -0.906. The first-order chi connectivity index (χ1) is 6.51. The lowest BCUT2D eigenvalue weighted by Crippen LogP contribution is -2.35. The second kappa shape index (κ2) is 6.79. The molecular weight excluding hydrogens is 182 g/mol. The maximum atomic E-state index is 10.6. The van der Waals surface area contributed by atoms with Gasteiger partial charge in [0.2, 0.25) is 0 Å². The number of carboxylic acids is 1. The number of rotatable bonds is 7. The molecule has 0 aliphatic heterocycles. The molecule has 84 valence electrons. The van der Waals surface area contributed by atoms with Crippen LogP contribution >= 0.6 is 0 Å². The third kappa shape index (κ3) is 5.19. The highest BCUT2D eigenvalue weighted by atomic mass is 16.4. The molecule has 2 unspecified atom stereocenters. The van der Waals surface area contributed by atoms with Gasteiger partial charge in [0.15, 0.2) is 0 Å². The zero-order valence-electron chi connectivity index (χ0n) is 9.23. The number of nitrogens with zero attached hydrogens (tertiary/aromatic N) is 1. The van der Waals surface area contributed by atoms with E-state index in [1.807, 2.05) is 13.8 Å². The van der Waals surface area contributed by atoms with Gasteiger partial charge in [0.25, 0.3) is 0 Å². The van der Waals surface area contributed by atoms with E-state index in [2.05, 4.69) is 4.90 Å². The van der Waals surface area contributed by atoms with Crippen LogP contribution in [0.2, 0.25) is 0 Å². The smallest absolute Gasteiger partial charge is 0.307 e. The molecule has 0 fully saturated rings. The Morgan fingerprint density at radius 2 is 1.93 bits per heavy atom. The van der Waals surface area contributed by atoms with Crippen molar-refractivity contribution in [2.75, 3.05) is 26.2 Å². The molecule has 0 aliphatic carbocycles. The molecule has 4 heteroatoms. The second-order valence-electron chi connectivity index (χ2n) is 3.88. The van der Waals surface area contributed by atoms with Gasteiger partial charge >= 0.3 is 5.97 Å². The van der Waals surface area contributed by atoms with Gasteiger partial charge in [-0.3, -0.25) is 4.79 Å². The van der Waals surface area contributed by atoms with E-state index < -0.39 is 5.97 Å². The summed E-state index contributed by atoms with van der Waals surface area (Å²) in [6.45, 7) is 7.93. The van der Waals surface area contributed by atoms with E-state index in [4.69, 9.17) is 10.2 Å². The predicted molar refractivity (Wildman–Crippen MR) is 55.2 cm³/mol. The molecule has 0 saturated carbocycles. The van der Waals surface area contributed by atoms with Gasteiger partial charge < -0.3 is 15.1 Å². The molecule has 0 saturated heterocycles. The highest BCUT2D eigenvalue weighted by Crippen LogP contribution is 2.04. The lowest BCUT2D eigenvalue weighted by molar-refractivity contribution is -0.141.